The molecule has 11 atom stereocenters. The number of ketones is 1. The summed E-state index contributed by atoms with van der Waals surface area (Å²) >= 11 is 0. The number of rotatable bonds is 18. The number of hydrogen-bond donors (Lipinski definition) is 4. The lowest BCUT2D eigenvalue weighted by atomic mass is 9.44. The number of nitrogens with one attached hydrogen (secondary N) is 1. The SMILES string of the molecule is CC(=O)O[C@@H]1C(=O)[C@@]2(C)C(C(OC(=O)c3ccccc3)[C@]3(O)CC(OC(=O)[C@H](OC(=O)CCC(=O)O)C(NC(=O)c4ccccc4)c4ccccc4)C(C)=C1C3(C)C)C1(OC(C)=O)COC1C[C@@H]2OC(=O)CCC(=O)O. The van der Waals surface area contributed by atoms with Crippen LogP contribution in [-0.2, 0) is 71.5 Å². The van der Waals surface area contributed by atoms with E-state index in [0.29, 0.717) is 0 Å². The fourth-order valence-corrected chi connectivity index (χ4v) is 11.3. The highest BCUT2D eigenvalue weighted by Crippen LogP contribution is 2.65. The number of Topliss-reactive ketones (excluding diaryl/α,β-unsaturated/α-hetero) is 1. The van der Waals surface area contributed by atoms with E-state index in [-0.39, 0.29) is 34.3 Å². The van der Waals surface area contributed by atoms with Crippen molar-refractivity contribution in [2.45, 2.75) is 134 Å². The number of hydrogen-bond acceptors (Lipinski definition) is 18. The smallest absolute Gasteiger partial charge is 0.350 e. The molecule has 1 aliphatic heterocycles. The zero-order chi connectivity index (χ0) is 55.5. The lowest BCUT2D eigenvalue weighted by Gasteiger charge is -2.67. The number of aliphatic carboxylic acids is 2. The van der Waals surface area contributed by atoms with Crippen LogP contribution in [0.25, 0.3) is 0 Å². The van der Waals surface area contributed by atoms with Gasteiger partial charge in [-0.05, 0) is 54.8 Å². The second-order valence-electron chi connectivity index (χ2n) is 20.1. The number of ether oxygens (including phenoxy) is 7. The van der Waals surface area contributed by atoms with Crippen molar-refractivity contribution in [3.05, 3.63) is 119 Å². The summed E-state index contributed by atoms with van der Waals surface area (Å²) in [4.78, 5) is 137. The van der Waals surface area contributed by atoms with Crippen molar-refractivity contribution in [2.24, 2.45) is 16.7 Å². The third kappa shape index (κ3) is 10.8. The van der Waals surface area contributed by atoms with Crippen LogP contribution in [0.3, 0.4) is 0 Å². The molecule has 0 aromatic heterocycles. The molecule has 7 rings (SSSR count). The number of carboxylic acid groups (broad SMARTS) is 2. The average molecular weight is 1050 g/mol. The highest BCUT2D eigenvalue weighted by atomic mass is 16.6. The molecule has 76 heavy (non-hydrogen) atoms. The van der Waals surface area contributed by atoms with Gasteiger partial charge in [0.2, 0.25) is 6.10 Å². The first-order valence-electron chi connectivity index (χ1n) is 24.5. The second-order valence-corrected chi connectivity index (χ2v) is 20.1. The Kier molecular flexibility index (Phi) is 16.3. The van der Waals surface area contributed by atoms with Crippen LogP contribution >= 0.6 is 0 Å². The highest BCUT2D eigenvalue weighted by molar-refractivity contribution is 5.97. The molecular formula is C55H59NO20. The summed E-state index contributed by atoms with van der Waals surface area (Å²) in [5.41, 5.74) is -8.62. The van der Waals surface area contributed by atoms with E-state index in [4.69, 9.17) is 33.2 Å². The Morgan fingerprint density at radius 3 is 1.83 bits per heavy atom. The van der Waals surface area contributed by atoms with Gasteiger partial charge in [-0.15, -0.1) is 0 Å². The van der Waals surface area contributed by atoms with Crippen molar-refractivity contribution in [2.75, 3.05) is 6.61 Å². The number of esters is 6. The van der Waals surface area contributed by atoms with Gasteiger partial charge in [0, 0.05) is 37.7 Å². The van der Waals surface area contributed by atoms with Crippen molar-refractivity contribution in [3.63, 3.8) is 0 Å². The van der Waals surface area contributed by atoms with Crippen LogP contribution in [0, 0.1) is 16.7 Å². The molecule has 3 aromatic rings. The summed E-state index contributed by atoms with van der Waals surface area (Å²) in [5.74, 6) is -12.8. The lowest BCUT2D eigenvalue weighted by molar-refractivity contribution is -0.346. The minimum absolute atomic E-state index is 0.00344. The Balaban J connectivity index is 1.45. The van der Waals surface area contributed by atoms with Crippen LogP contribution in [-0.4, -0.2) is 129 Å². The number of amides is 1. The van der Waals surface area contributed by atoms with Gasteiger partial charge >= 0.3 is 47.8 Å². The molecule has 3 fully saturated rings. The Morgan fingerprint density at radius 2 is 1.29 bits per heavy atom. The second kappa shape index (κ2) is 22.2. The maximum atomic E-state index is 16.2. The number of carboxylic acids is 2. The Morgan fingerprint density at radius 1 is 0.724 bits per heavy atom. The van der Waals surface area contributed by atoms with E-state index >= 15 is 9.59 Å². The van der Waals surface area contributed by atoms with Crippen LogP contribution in [0.1, 0.15) is 112 Å². The molecule has 4 N–H and O–H groups in total. The van der Waals surface area contributed by atoms with Gasteiger partial charge in [0.05, 0.1) is 49.2 Å². The van der Waals surface area contributed by atoms with Crippen LogP contribution in [0.2, 0.25) is 0 Å². The van der Waals surface area contributed by atoms with Gasteiger partial charge in [-0.3, -0.25) is 38.4 Å². The number of benzene rings is 3. The molecule has 3 aromatic carbocycles. The van der Waals surface area contributed by atoms with Gasteiger partial charge in [-0.2, -0.15) is 0 Å². The molecule has 3 aliphatic carbocycles. The minimum atomic E-state index is -2.63. The molecule has 6 unspecified atom stereocenters. The maximum Gasteiger partial charge on any atom is 0.350 e. The standard InChI is InChI=1S/C55H59NO20/c1-29-35(72-51(68)45(74-41(64)25-23-39(61)62)43(32-16-10-7-11-17-32)56-49(66)33-18-12-8-13-19-33)27-55(69)48(75-50(67)34-20-14-9-15-21-34)46-53(6,47(65)44(71-30(2)57)42(29)52(55,4)5)36(73-40(63)24-22-38(59)60)26-37-54(46,28-70-37)76-31(3)58/h7-21,35-37,43-46,48,69H,22-28H2,1-6H3,(H,56,66)(H,59,60)(H,61,62)/t35?,36-,37?,43?,44-,45+,46?,48?,53+,54?,55+/m0/s1. The number of aliphatic hydroxyl groups is 1. The van der Waals surface area contributed by atoms with E-state index in [0.717, 1.165) is 13.8 Å². The molecule has 404 valence electrons. The predicted octanol–water partition coefficient (Wildman–Crippen LogP) is 4.57. The van der Waals surface area contributed by atoms with E-state index in [1.165, 1.54) is 76.2 Å². The van der Waals surface area contributed by atoms with Crippen LogP contribution in [0.4, 0.5) is 0 Å². The van der Waals surface area contributed by atoms with E-state index in [2.05, 4.69) is 5.32 Å². The first-order chi connectivity index (χ1) is 35.8. The van der Waals surface area contributed by atoms with Crippen molar-refractivity contribution in [3.8, 4) is 0 Å². The summed E-state index contributed by atoms with van der Waals surface area (Å²) in [6, 6.07) is 21.6. The molecule has 4 aliphatic rings. The first kappa shape index (κ1) is 56.0. The van der Waals surface area contributed by atoms with E-state index in [1.54, 1.807) is 42.5 Å². The minimum Gasteiger partial charge on any atom is -0.481 e. The molecule has 1 amide bonds. The summed E-state index contributed by atoms with van der Waals surface area (Å²) in [6.07, 6.45) is -14.6. The molecule has 21 heteroatoms. The summed E-state index contributed by atoms with van der Waals surface area (Å²) in [5, 5.41) is 35.7. The van der Waals surface area contributed by atoms with Crippen LogP contribution < -0.4 is 5.32 Å². The third-order valence-electron chi connectivity index (χ3n) is 15.0. The molecule has 1 saturated heterocycles. The van der Waals surface area contributed by atoms with Crippen molar-refractivity contribution in [1.29, 1.82) is 0 Å². The monoisotopic (exact) mass is 1050 g/mol. The zero-order valence-corrected chi connectivity index (χ0v) is 42.5. The van der Waals surface area contributed by atoms with Gasteiger partial charge in [-0.25, -0.2) is 9.59 Å². The molecule has 1 heterocycles. The molecule has 0 radical (unpaired) electrons. The fraction of sp³-hybridized carbons (Fsp3) is 0.455. The van der Waals surface area contributed by atoms with Crippen molar-refractivity contribution < 1.29 is 96.4 Å². The van der Waals surface area contributed by atoms with Crippen LogP contribution in [0.5, 0.6) is 0 Å². The number of fused-ring (bicyclic) bond motifs is 5. The Hall–Kier alpha value is -7.78. The number of carbonyl (C=O) groups excluding carboxylic acids is 8. The van der Waals surface area contributed by atoms with Crippen molar-refractivity contribution in [1.82, 2.24) is 5.32 Å². The van der Waals surface area contributed by atoms with E-state index in [1.807, 2.05) is 0 Å². The van der Waals surface area contributed by atoms with Gasteiger partial charge in [-0.1, -0.05) is 80.6 Å². The maximum absolute atomic E-state index is 16.2. The van der Waals surface area contributed by atoms with Crippen molar-refractivity contribution >= 4 is 59.4 Å². The van der Waals surface area contributed by atoms with Gasteiger partial charge in [0.1, 0.15) is 36.1 Å². The first-order valence-corrected chi connectivity index (χ1v) is 24.5. The Labute approximate surface area is 436 Å². The molecule has 2 saturated carbocycles. The molecule has 2 bridgehead atoms. The quantitative estimate of drug-likeness (QED) is 0.0770. The summed E-state index contributed by atoms with van der Waals surface area (Å²) in [6.45, 7) is 7.28. The largest absolute Gasteiger partial charge is 0.481 e. The topological polar surface area (TPSA) is 308 Å². The highest BCUT2D eigenvalue weighted by Gasteiger charge is 2.79. The van der Waals surface area contributed by atoms with Gasteiger partial charge < -0.3 is 53.8 Å². The Bertz CT molecular complexity index is 2810. The van der Waals surface area contributed by atoms with Crippen LogP contribution in [0.15, 0.2) is 102 Å². The summed E-state index contributed by atoms with van der Waals surface area (Å²) < 4.78 is 42.7. The fourth-order valence-electron chi connectivity index (χ4n) is 11.3. The number of carbonyl (C=O) groups is 10. The molecule has 21 nitrogen and oxygen atoms in total. The zero-order valence-electron chi connectivity index (χ0n) is 42.5. The van der Waals surface area contributed by atoms with E-state index in [9.17, 15) is 53.7 Å². The molecule has 0 spiro atoms. The lowest BCUT2D eigenvalue weighted by Crippen LogP contribution is -2.82. The third-order valence-corrected chi connectivity index (χ3v) is 15.0. The normalized spacial score (nSPS) is 27.9. The van der Waals surface area contributed by atoms with Gasteiger partial charge in [0.15, 0.2) is 17.5 Å². The molecular weight excluding hydrogens is 995 g/mol. The predicted molar refractivity (Wildman–Crippen MR) is 259 cm³/mol. The van der Waals surface area contributed by atoms with E-state index < -0.39 is 169 Å². The average Bonchev–Trinajstić information content (AvgIpc) is 3.37. The summed E-state index contributed by atoms with van der Waals surface area (Å²) in [7, 11) is 0. The van der Waals surface area contributed by atoms with Gasteiger partial charge in [0.25, 0.3) is 5.91 Å².